The lowest BCUT2D eigenvalue weighted by Crippen LogP contribution is -2.11. The molecule has 0 amide bonds. The lowest BCUT2D eigenvalue weighted by atomic mass is 9.91. The average Bonchev–Trinajstić information content (AvgIpc) is 2.21. The van der Waals surface area contributed by atoms with Crippen LogP contribution in [0.5, 0.6) is 0 Å². The molecule has 0 heterocycles. The smallest absolute Gasteiger partial charge is 0.0414 e. The topological polar surface area (TPSA) is 48.8 Å². The van der Waals surface area contributed by atoms with Gasteiger partial charge in [-0.05, 0) is 23.4 Å². The predicted molar refractivity (Wildman–Crippen MR) is 58.1 cm³/mol. The van der Waals surface area contributed by atoms with Gasteiger partial charge in [0.15, 0.2) is 0 Å². The fourth-order valence-electron chi connectivity index (χ4n) is 1.72. The molecule has 1 aromatic carbocycles. The van der Waals surface area contributed by atoms with Crippen molar-refractivity contribution in [3.63, 3.8) is 0 Å². The Hall–Kier alpha value is -1.47. The summed E-state index contributed by atoms with van der Waals surface area (Å²) in [6, 6.07) is 10.2. The summed E-state index contributed by atoms with van der Waals surface area (Å²) in [5.41, 5.74) is 9.63. The maximum Gasteiger partial charge on any atom is 0.0414 e. The lowest BCUT2D eigenvalue weighted by Gasteiger charge is -2.18. The van der Waals surface area contributed by atoms with Gasteiger partial charge in [-0.1, -0.05) is 49.3 Å². The van der Waals surface area contributed by atoms with Crippen molar-refractivity contribution in [2.75, 3.05) is 0 Å². The van der Waals surface area contributed by atoms with Crippen LogP contribution in [0, 0.1) is 0 Å². The summed E-state index contributed by atoms with van der Waals surface area (Å²) < 4.78 is 0. The highest BCUT2D eigenvalue weighted by Crippen LogP contribution is 2.24. The van der Waals surface area contributed by atoms with Gasteiger partial charge in [-0.25, -0.2) is 0 Å². The van der Waals surface area contributed by atoms with E-state index >= 15 is 0 Å². The van der Waals surface area contributed by atoms with Crippen LogP contribution in [0.25, 0.3) is 10.4 Å². The molecular formula is C11H15N3. The molecule has 0 saturated carbocycles. The molecule has 0 aliphatic rings. The molecule has 0 saturated heterocycles. The Morgan fingerprint density at radius 2 is 2.00 bits per heavy atom. The fourth-order valence-corrected chi connectivity index (χ4v) is 1.72. The monoisotopic (exact) mass is 189 g/mol. The van der Waals surface area contributed by atoms with Crippen molar-refractivity contribution in [1.29, 1.82) is 0 Å². The standard InChI is InChI=1S/C11H15N3/c1-3-11(9(2)13-14-12)10-7-5-4-6-8-10/h4-9,11H,3H2,1-2H3/t9?,11-/m0/s1. The van der Waals surface area contributed by atoms with Crippen LogP contribution in [-0.4, -0.2) is 6.04 Å². The number of rotatable bonds is 4. The quantitative estimate of drug-likeness (QED) is 0.392. The Labute approximate surface area is 84.4 Å². The second-order valence-electron chi connectivity index (χ2n) is 3.37. The van der Waals surface area contributed by atoms with Crippen LogP contribution >= 0.6 is 0 Å². The Bertz CT molecular complexity index is 315. The van der Waals surface area contributed by atoms with Gasteiger partial charge in [-0.3, -0.25) is 0 Å². The molecule has 0 aliphatic carbocycles. The van der Waals surface area contributed by atoms with E-state index in [0.29, 0.717) is 5.92 Å². The number of hydrogen-bond acceptors (Lipinski definition) is 1. The third kappa shape index (κ3) is 2.51. The number of azide groups is 1. The van der Waals surface area contributed by atoms with E-state index in [0.717, 1.165) is 6.42 Å². The molecule has 1 rings (SSSR count). The third-order valence-electron chi connectivity index (χ3n) is 2.48. The van der Waals surface area contributed by atoms with Crippen LogP contribution in [0.15, 0.2) is 35.4 Å². The minimum Gasteiger partial charge on any atom is -0.0903 e. The van der Waals surface area contributed by atoms with Gasteiger partial charge in [0, 0.05) is 11.0 Å². The van der Waals surface area contributed by atoms with Crippen LogP contribution in [0.3, 0.4) is 0 Å². The summed E-state index contributed by atoms with van der Waals surface area (Å²) in [6.07, 6.45) is 0.990. The first-order chi connectivity index (χ1) is 6.79. The van der Waals surface area contributed by atoms with Crippen molar-refractivity contribution in [2.24, 2.45) is 5.11 Å². The molecule has 0 aromatic heterocycles. The van der Waals surface area contributed by atoms with Crippen molar-refractivity contribution in [2.45, 2.75) is 32.2 Å². The van der Waals surface area contributed by atoms with E-state index in [9.17, 15) is 0 Å². The largest absolute Gasteiger partial charge is 0.0903 e. The van der Waals surface area contributed by atoms with Gasteiger partial charge in [0.25, 0.3) is 0 Å². The van der Waals surface area contributed by atoms with Gasteiger partial charge >= 0.3 is 0 Å². The molecule has 0 fully saturated rings. The van der Waals surface area contributed by atoms with Gasteiger partial charge in [0.1, 0.15) is 0 Å². The van der Waals surface area contributed by atoms with Crippen molar-refractivity contribution >= 4 is 0 Å². The van der Waals surface area contributed by atoms with Crippen LogP contribution in [0.2, 0.25) is 0 Å². The molecule has 0 spiro atoms. The SMILES string of the molecule is CC[C@H](c1ccccc1)C(C)N=[N+]=[N-]. The fraction of sp³-hybridized carbons (Fsp3) is 0.455. The van der Waals surface area contributed by atoms with E-state index < -0.39 is 0 Å². The minimum atomic E-state index is 0.0207. The van der Waals surface area contributed by atoms with Crippen molar-refractivity contribution in [3.05, 3.63) is 46.3 Å². The third-order valence-corrected chi connectivity index (χ3v) is 2.48. The maximum absolute atomic E-state index is 8.39. The van der Waals surface area contributed by atoms with E-state index in [-0.39, 0.29) is 6.04 Å². The average molecular weight is 189 g/mol. The molecule has 3 nitrogen and oxygen atoms in total. The Morgan fingerprint density at radius 1 is 1.36 bits per heavy atom. The highest BCUT2D eigenvalue weighted by molar-refractivity contribution is 5.20. The first-order valence-corrected chi connectivity index (χ1v) is 4.88. The molecular weight excluding hydrogens is 174 g/mol. The van der Waals surface area contributed by atoms with Crippen molar-refractivity contribution in [1.82, 2.24) is 0 Å². The van der Waals surface area contributed by atoms with Crippen LogP contribution in [0.1, 0.15) is 31.7 Å². The van der Waals surface area contributed by atoms with E-state index in [2.05, 4.69) is 29.1 Å². The van der Waals surface area contributed by atoms with Crippen LogP contribution in [-0.2, 0) is 0 Å². The van der Waals surface area contributed by atoms with Gasteiger partial charge in [-0.15, -0.1) is 0 Å². The summed E-state index contributed by atoms with van der Waals surface area (Å²) in [5.74, 6) is 0.326. The number of nitrogens with zero attached hydrogens (tertiary/aromatic N) is 3. The first-order valence-electron chi connectivity index (χ1n) is 4.88. The van der Waals surface area contributed by atoms with Crippen LogP contribution < -0.4 is 0 Å². The molecule has 1 unspecified atom stereocenters. The molecule has 0 N–H and O–H groups in total. The summed E-state index contributed by atoms with van der Waals surface area (Å²) in [4.78, 5) is 2.85. The van der Waals surface area contributed by atoms with E-state index in [1.807, 2.05) is 25.1 Å². The second-order valence-corrected chi connectivity index (χ2v) is 3.37. The predicted octanol–water partition coefficient (Wildman–Crippen LogP) is 3.88. The summed E-state index contributed by atoms with van der Waals surface area (Å²) in [7, 11) is 0. The van der Waals surface area contributed by atoms with Gasteiger partial charge in [0.05, 0.1) is 0 Å². The van der Waals surface area contributed by atoms with Crippen LogP contribution in [0.4, 0.5) is 0 Å². The van der Waals surface area contributed by atoms with Gasteiger partial charge in [-0.2, -0.15) is 0 Å². The zero-order chi connectivity index (χ0) is 10.4. The zero-order valence-corrected chi connectivity index (χ0v) is 8.59. The first kappa shape index (κ1) is 10.6. The lowest BCUT2D eigenvalue weighted by molar-refractivity contribution is 0.550. The Kier molecular flexibility index (Phi) is 4.02. The van der Waals surface area contributed by atoms with E-state index in [1.165, 1.54) is 5.56 Å². The normalized spacial score (nSPS) is 14.1. The number of hydrogen-bond donors (Lipinski definition) is 0. The molecule has 2 atom stereocenters. The molecule has 0 radical (unpaired) electrons. The van der Waals surface area contributed by atoms with Gasteiger partial charge < -0.3 is 0 Å². The Balaban J connectivity index is 2.87. The second kappa shape index (κ2) is 5.30. The zero-order valence-electron chi connectivity index (χ0n) is 8.59. The molecule has 3 heteroatoms. The molecule has 0 bridgehead atoms. The maximum atomic E-state index is 8.39. The van der Waals surface area contributed by atoms with Crippen molar-refractivity contribution < 1.29 is 0 Å². The molecule has 14 heavy (non-hydrogen) atoms. The highest BCUT2D eigenvalue weighted by Gasteiger charge is 2.15. The Morgan fingerprint density at radius 3 is 2.50 bits per heavy atom. The number of benzene rings is 1. The molecule has 0 aliphatic heterocycles. The van der Waals surface area contributed by atoms with E-state index in [1.54, 1.807) is 0 Å². The molecule has 74 valence electrons. The van der Waals surface area contributed by atoms with Gasteiger partial charge in [0.2, 0.25) is 0 Å². The summed E-state index contributed by atoms with van der Waals surface area (Å²) >= 11 is 0. The highest BCUT2D eigenvalue weighted by atomic mass is 15.1. The van der Waals surface area contributed by atoms with Crippen molar-refractivity contribution in [3.8, 4) is 0 Å². The summed E-state index contributed by atoms with van der Waals surface area (Å²) in [6.45, 7) is 4.07. The summed E-state index contributed by atoms with van der Waals surface area (Å²) in [5, 5.41) is 3.75. The minimum absolute atomic E-state index is 0.0207. The molecule has 1 aromatic rings. The van der Waals surface area contributed by atoms with E-state index in [4.69, 9.17) is 5.53 Å².